The van der Waals surface area contributed by atoms with Gasteiger partial charge in [0.05, 0.1) is 5.52 Å². The molecule has 0 radical (unpaired) electrons. The van der Waals surface area contributed by atoms with Crippen LogP contribution in [0.15, 0.2) is 59.4 Å². The van der Waals surface area contributed by atoms with Crippen LogP contribution in [0.5, 0.6) is 5.75 Å². The quantitative estimate of drug-likeness (QED) is 0.568. The van der Waals surface area contributed by atoms with Gasteiger partial charge in [-0.05, 0) is 35.9 Å². The smallest absolute Gasteiger partial charge is 0.263 e. The van der Waals surface area contributed by atoms with E-state index in [1.165, 1.54) is 6.08 Å². The average Bonchev–Trinajstić information content (AvgIpc) is 2.54. The SMILES string of the molecule is O=C(C=Cc1ccc(Cl)cc1)c1c(O)c2ccccc2[nH]c1=O. The number of hydrogen-bond acceptors (Lipinski definition) is 3. The summed E-state index contributed by atoms with van der Waals surface area (Å²) in [7, 11) is 0. The number of aromatic amines is 1. The van der Waals surface area contributed by atoms with E-state index < -0.39 is 11.3 Å². The summed E-state index contributed by atoms with van der Waals surface area (Å²) < 4.78 is 0. The molecule has 4 nitrogen and oxygen atoms in total. The number of H-pyrrole nitrogens is 1. The maximum atomic E-state index is 12.3. The summed E-state index contributed by atoms with van der Waals surface area (Å²) in [6.45, 7) is 0. The van der Waals surface area contributed by atoms with Crippen LogP contribution in [0.3, 0.4) is 0 Å². The molecule has 3 rings (SSSR count). The predicted octanol–water partition coefficient (Wildman–Crippen LogP) is 3.78. The highest BCUT2D eigenvalue weighted by molar-refractivity contribution is 6.30. The molecule has 23 heavy (non-hydrogen) atoms. The number of aromatic hydroxyl groups is 1. The zero-order valence-electron chi connectivity index (χ0n) is 11.9. The highest BCUT2D eigenvalue weighted by Gasteiger charge is 2.16. The molecular formula is C18H12ClNO3. The van der Waals surface area contributed by atoms with Crippen molar-refractivity contribution in [3.8, 4) is 5.75 Å². The third-order valence-corrected chi connectivity index (χ3v) is 3.69. The Morgan fingerprint density at radius 2 is 1.78 bits per heavy atom. The topological polar surface area (TPSA) is 70.2 Å². The maximum absolute atomic E-state index is 12.3. The number of benzene rings is 2. The Bertz CT molecular complexity index is 972. The van der Waals surface area contributed by atoms with Gasteiger partial charge in [-0.25, -0.2) is 0 Å². The zero-order chi connectivity index (χ0) is 16.4. The van der Waals surface area contributed by atoms with E-state index in [-0.39, 0.29) is 11.3 Å². The van der Waals surface area contributed by atoms with Gasteiger partial charge in [0.25, 0.3) is 5.56 Å². The number of carbonyl (C=O) groups excluding carboxylic acids is 1. The summed E-state index contributed by atoms with van der Waals surface area (Å²) in [5, 5.41) is 11.3. The van der Waals surface area contributed by atoms with Crippen LogP contribution in [-0.4, -0.2) is 15.9 Å². The number of hydrogen-bond donors (Lipinski definition) is 2. The van der Waals surface area contributed by atoms with Gasteiger partial charge in [-0.3, -0.25) is 9.59 Å². The Labute approximate surface area is 136 Å². The molecule has 0 aliphatic heterocycles. The number of fused-ring (bicyclic) bond motifs is 1. The van der Waals surface area contributed by atoms with E-state index in [1.807, 2.05) is 0 Å². The zero-order valence-corrected chi connectivity index (χ0v) is 12.7. The van der Waals surface area contributed by atoms with Crippen molar-refractivity contribution in [1.82, 2.24) is 4.98 Å². The van der Waals surface area contributed by atoms with Crippen molar-refractivity contribution < 1.29 is 9.90 Å². The van der Waals surface area contributed by atoms with Crippen LogP contribution in [0.1, 0.15) is 15.9 Å². The molecule has 0 aliphatic carbocycles. The number of carbonyl (C=O) groups is 1. The van der Waals surface area contributed by atoms with Crippen molar-refractivity contribution >= 4 is 34.4 Å². The molecule has 0 atom stereocenters. The van der Waals surface area contributed by atoms with E-state index in [0.29, 0.717) is 15.9 Å². The van der Waals surface area contributed by atoms with Crippen LogP contribution in [0, 0.1) is 0 Å². The van der Waals surface area contributed by atoms with Crippen molar-refractivity contribution in [1.29, 1.82) is 0 Å². The third-order valence-electron chi connectivity index (χ3n) is 3.44. The maximum Gasteiger partial charge on any atom is 0.263 e. The summed E-state index contributed by atoms with van der Waals surface area (Å²) in [5.74, 6) is -0.875. The molecule has 2 N–H and O–H groups in total. The number of nitrogens with one attached hydrogen (secondary N) is 1. The first-order chi connectivity index (χ1) is 11.1. The summed E-state index contributed by atoms with van der Waals surface area (Å²) >= 11 is 5.80. The van der Waals surface area contributed by atoms with Crippen LogP contribution >= 0.6 is 11.6 Å². The Balaban J connectivity index is 2.01. The number of halogens is 1. The first-order valence-electron chi connectivity index (χ1n) is 6.88. The van der Waals surface area contributed by atoms with E-state index >= 15 is 0 Å². The molecule has 114 valence electrons. The van der Waals surface area contributed by atoms with Gasteiger partial charge in [0.1, 0.15) is 11.3 Å². The highest BCUT2D eigenvalue weighted by atomic mass is 35.5. The lowest BCUT2D eigenvalue weighted by Gasteiger charge is -2.04. The lowest BCUT2D eigenvalue weighted by molar-refractivity contribution is 0.104. The standard InChI is InChI=1S/C18H12ClNO3/c19-12-8-5-11(6-9-12)7-10-15(21)16-17(22)13-3-1-2-4-14(13)20-18(16)23/h1-10H,(H2,20,22,23). The fourth-order valence-electron chi connectivity index (χ4n) is 2.28. The average molecular weight is 326 g/mol. The minimum absolute atomic E-state index is 0.270. The molecule has 0 unspecified atom stereocenters. The molecule has 2 aromatic carbocycles. The second-order valence-corrected chi connectivity index (χ2v) is 5.41. The van der Waals surface area contributed by atoms with Crippen molar-refractivity contribution in [2.45, 2.75) is 0 Å². The first-order valence-corrected chi connectivity index (χ1v) is 7.26. The van der Waals surface area contributed by atoms with Gasteiger partial charge >= 0.3 is 0 Å². The Morgan fingerprint density at radius 3 is 2.52 bits per heavy atom. The normalized spacial score (nSPS) is 11.2. The summed E-state index contributed by atoms with van der Waals surface area (Å²) in [6, 6.07) is 13.7. The van der Waals surface area contributed by atoms with Crippen LogP contribution < -0.4 is 5.56 Å². The van der Waals surface area contributed by atoms with Gasteiger partial charge < -0.3 is 10.1 Å². The predicted molar refractivity (Wildman–Crippen MR) is 91.1 cm³/mol. The Morgan fingerprint density at radius 1 is 1.09 bits per heavy atom. The number of pyridine rings is 1. The van der Waals surface area contributed by atoms with Crippen molar-refractivity contribution in [3.63, 3.8) is 0 Å². The van der Waals surface area contributed by atoms with E-state index in [2.05, 4.69) is 4.98 Å². The number of para-hydroxylation sites is 1. The van der Waals surface area contributed by atoms with Gasteiger partial charge in [-0.1, -0.05) is 41.9 Å². The lowest BCUT2D eigenvalue weighted by Crippen LogP contribution is -2.16. The molecule has 0 spiro atoms. The van der Waals surface area contributed by atoms with Crippen molar-refractivity contribution in [2.75, 3.05) is 0 Å². The molecule has 0 fully saturated rings. The summed E-state index contributed by atoms with van der Waals surface area (Å²) in [4.78, 5) is 26.9. The van der Waals surface area contributed by atoms with E-state index in [9.17, 15) is 14.7 Å². The van der Waals surface area contributed by atoms with E-state index in [1.54, 1.807) is 54.6 Å². The van der Waals surface area contributed by atoms with Gasteiger partial charge in [0, 0.05) is 10.4 Å². The fraction of sp³-hybridized carbons (Fsp3) is 0. The fourth-order valence-corrected chi connectivity index (χ4v) is 2.41. The highest BCUT2D eigenvalue weighted by Crippen LogP contribution is 2.25. The number of rotatable bonds is 3. The Kier molecular flexibility index (Phi) is 4.00. The van der Waals surface area contributed by atoms with Gasteiger partial charge in [0.2, 0.25) is 0 Å². The lowest BCUT2D eigenvalue weighted by atomic mass is 10.1. The molecule has 5 heteroatoms. The van der Waals surface area contributed by atoms with Crippen LogP contribution in [0.25, 0.3) is 17.0 Å². The molecule has 1 aromatic heterocycles. The van der Waals surface area contributed by atoms with Crippen molar-refractivity contribution in [2.24, 2.45) is 0 Å². The minimum Gasteiger partial charge on any atom is -0.506 e. The van der Waals surface area contributed by atoms with Gasteiger partial charge in [0.15, 0.2) is 5.78 Å². The molecule has 0 aliphatic rings. The van der Waals surface area contributed by atoms with E-state index in [0.717, 1.165) is 5.56 Å². The van der Waals surface area contributed by atoms with Gasteiger partial charge in [-0.2, -0.15) is 0 Å². The molecule has 0 amide bonds. The number of ketones is 1. The third kappa shape index (κ3) is 3.03. The first kappa shape index (κ1) is 15.1. The minimum atomic E-state index is -0.619. The molecule has 0 saturated carbocycles. The van der Waals surface area contributed by atoms with Crippen LogP contribution in [0.2, 0.25) is 5.02 Å². The largest absolute Gasteiger partial charge is 0.506 e. The molecular weight excluding hydrogens is 314 g/mol. The summed E-state index contributed by atoms with van der Waals surface area (Å²) in [5.41, 5.74) is 0.355. The molecule has 0 bridgehead atoms. The van der Waals surface area contributed by atoms with Crippen molar-refractivity contribution in [3.05, 3.63) is 81.1 Å². The molecule has 1 heterocycles. The van der Waals surface area contributed by atoms with Crippen LogP contribution in [0.4, 0.5) is 0 Å². The van der Waals surface area contributed by atoms with Gasteiger partial charge in [-0.15, -0.1) is 0 Å². The number of aromatic nitrogens is 1. The monoisotopic (exact) mass is 325 g/mol. The second-order valence-electron chi connectivity index (χ2n) is 4.97. The number of allylic oxidation sites excluding steroid dienone is 1. The second kappa shape index (κ2) is 6.10. The summed E-state index contributed by atoms with van der Waals surface area (Å²) in [6.07, 6.45) is 2.81. The molecule has 3 aromatic rings. The van der Waals surface area contributed by atoms with Crippen LogP contribution in [-0.2, 0) is 0 Å². The Hall–Kier alpha value is -2.85. The molecule has 0 saturated heterocycles. The van der Waals surface area contributed by atoms with E-state index in [4.69, 9.17) is 11.6 Å².